The average Bonchev–Trinajstić information content (AvgIpc) is 2.59. The van der Waals surface area contributed by atoms with Gasteiger partial charge in [0, 0.05) is 19.3 Å². The lowest BCUT2D eigenvalue weighted by atomic mass is 10.2. The largest absolute Gasteiger partial charge is 0.324 e. The number of amides is 1. The Balaban J connectivity index is 2.21. The van der Waals surface area contributed by atoms with Crippen LogP contribution in [-0.4, -0.2) is 36.7 Å². The summed E-state index contributed by atoms with van der Waals surface area (Å²) in [6.07, 6.45) is 1.57. The van der Waals surface area contributed by atoms with Crippen LogP contribution in [0.15, 0.2) is 41.4 Å². The third kappa shape index (κ3) is 4.94. The van der Waals surface area contributed by atoms with Crippen LogP contribution < -0.4 is 5.32 Å². The topological polar surface area (TPSA) is 79.4 Å². The van der Waals surface area contributed by atoms with Crippen molar-refractivity contribution in [1.29, 1.82) is 0 Å². The SMILES string of the molecule is CCN(CC)S(=O)(=O)c1ccc(Cl)c(NC(=O)Cc2ccc(Cl)nc2)c1. The van der Waals surface area contributed by atoms with Gasteiger partial charge in [-0.25, -0.2) is 13.4 Å². The maximum absolute atomic E-state index is 12.6. The minimum atomic E-state index is -3.64. The van der Waals surface area contributed by atoms with Crippen LogP contribution in [0.25, 0.3) is 0 Å². The summed E-state index contributed by atoms with van der Waals surface area (Å²) in [5.74, 6) is -0.339. The molecule has 1 heterocycles. The van der Waals surface area contributed by atoms with E-state index in [4.69, 9.17) is 23.2 Å². The molecule has 0 spiro atoms. The molecule has 0 unspecified atom stereocenters. The quantitative estimate of drug-likeness (QED) is 0.700. The summed E-state index contributed by atoms with van der Waals surface area (Å²) in [6.45, 7) is 4.24. The van der Waals surface area contributed by atoms with Crippen molar-refractivity contribution in [3.8, 4) is 0 Å². The Morgan fingerprint density at radius 1 is 1.15 bits per heavy atom. The van der Waals surface area contributed by atoms with Gasteiger partial charge >= 0.3 is 0 Å². The smallest absolute Gasteiger partial charge is 0.243 e. The van der Waals surface area contributed by atoms with E-state index in [0.29, 0.717) is 23.8 Å². The average molecular weight is 416 g/mol. The lowest BCUT2D eigenvalue weighted by Gasteiger charge is -2.19. The van der Waals surface area contributed by atoms with E-state index in [1.807, 2.05) is 0 Å². The van der Waals surface area contributed by atoms with Crippen molar-refractivity contribution >= 4 is 44.8 Å². The van der Waals surface area contributed by atoms with Gasteiger partial charge in [0.15, 0.2) is 0 Å². The number of carbonyl (C=O) groups excluding carboxylic acids is 1. The van der Waals surface area contributed by atoms with Gasteiger partial charge in [0.05, 0.1) is 22.0 Å². The second-order valence-corrected chi connectivity index (χ2v) is 8.18. The number of halogens is 2. The molecular weight excluding hydrogens is 397 g/mol. The van der Waals surface area contributed by atoms with Gasteiger partial charge in [0.1, 0.15) is 5.15 Å². The number of anilines is 1. The molecule has 0 radical (unpaired) electrons. The zero-order valence-electron chi connectivity index (χ0n) is 14.4. The Bertz CT molecular complexity index is 883. The fourth-order valence-corrected chi connectivity index (χ4v) is 4.13. The first-order chi connectivity index (χ1) is 12.3. The molecule has 0 fully saturated rings. The first-order valence-electron chi connectivity index (χ1n) is 7.98. The molecule has 2 aromatic rings. The van der Waals surface area contributed by atoms with Gasteiger partial charge < -0.3 is 5.32 Å². The van der Waals surface area contributed by atoms with Gasteiger partial charge in [0.25, 0.3) is 0 Å². The zero-order valence-corrected chi connectivity index (χ0v) is 16.7. The Morgan fingerprint density at radius 2 is 1.85 bits per heavy atom. The number of pyridine rings is 1. The highest BCUT2D eigenvalue weighted by Gasteiger charge is 2.22. The van der Waals surface area contributed by atoms with Gasteiger partial charge in [-0.15, -0.1) is 0 Å². The standard InChI is InChI=1S/C17H19Cl2N3O3S/c1-3-22(4-2)26(24,25)13-6-7-14(18)15(10-13)21-17(23)9-12-5-8-16(19)20-11-12/h5-8,10-11H,3-4,9H2,1-2H3,(H,21,23). The van der Waals surface area contributed by atoms with Crippen LogP contribution in [0, 0.1) is 0 Å². The molecule has 0 bridgehead atoms. The summed E-state index contributed by atoms with van der Waals surface area (Å²) < 4.78 is 26.6. The lowest BCUT2D eigenvalue weighted by molar-refractivity contribution is -0.115. The minimum Gasteiger partial charge on any atom is -0.324 e. The van der Waals surface area contributed by atoms with Gasteiger partial charge in [-0.3, -0.25) is 4.79 Å². The van der Waals surface area contributed by atoms with E-state index in [9.17, 15) is 13.2 Å². The van der Waals surface area contributed by atoms with Crippen molar-refractivity contribution in [1.82, 2.24) is 9.29 Å². The molecule has 0 saturated heterocycles. The lowest BCUT2D eigenvalue weighted by Crippen LogP contribution is -2.30. The molecule has 140 valence electrons. The van der Waals surface area contributed by atoms with Gasteiger partial charge in [-0.1, -0.05) is 43.1 Å². The normalized spacial score (nSPS) is 11.6. The highest BCUT2D eigenvalue weighted by atomic mass is 35.5. The molecule has 1 aromatic carbocycles. The fraction of sp³-hybridized carbons (Fsp3) is 0.294. The third-order valence-electron chi connectivity index (χ3n) is 3.71. The molecule has 9 heteroatoms. The number of hydrogen-bond donors (Lipinski definition) is 1. The molecule has 26 heavy (non-hydrogen) atoms. The second kappa shape index (κ2) is 8.81. The van der Waals surface area contributed by atoms with E-state index in [2.05, 4.69) is 10.3 Å². The van der Waals surface area contributed by atoms with E-state index >= 15 is 0 Å². The van der Waals surface area contributed by atoms with E-state index < -0.39 is 10.0 Å². The van der Waals surface area contributed by atoms with Crippen LogP contribution >= 0.6 is 23.2 Å². The Kier molecular flexibility index (Phi) is 7.00. The molecule has 0 aliphatic rings. The van der Waals surface area contributed by atoms with E-state index in [1.165, 1.54) is 28.7 Å². The molecule has 1 N–H and O–H groups in total. The number of hydrogen-bond acceptors (Lipinski definition) is 4. The van der Waals surface area contributed by atoms with Crippen LogP contribution in [0.1, 0.15) is 19.4 Å². The van der Waals surface area contributed by atoms with Crippen molar-refractivity contribution in [3.05, 3.63) is 52.3 Å². The monoisotopic (exact) mass is 415 g/mol. The number of benzene rings is 1. The summed E-state index contributed by atoms with van der Waals surface area (Å²) in [4.78, 5) is 16.2. The molecule has 0 saturated carbocycles. The first kappa shape index (κ1) is 20.6. The number of nitrogens with zero attached hydrogens (tertiary/aromatic N) is 2. The number of aromatic nitrogens is 1. The van der Waals surface area contributed by atoms with Gasteiger partial charge in [0.2, 0.25) is 15.9 Å². The highest BCUT2D eigenvalue weighted by Crippen LogP contribution is 2.27. The van der Waals surface area contributed by atoms with Gasteiger partial charge in [-0.05, 0) is 29.8 Å². The van der Waals surface area contributed by atoms with E-state index in [0.717, 1.165) is 0 Å². The molecule has 0 aliphatic heterocycles. The Labute approximate surface area is 163 Å². The molecule has 6 nitrogen and oxygen atoms in total. The predicted octanol–water partition coefficient (Wildman–Crippen LogP) is 3.60. The minimum absolute atomic E-state index is 0.0630. The highest BCUT2D eigenvalue weighted by molar-refractivity contribution is 7.89. The predicted molar refractivity (Wildman–Crippen MR) is 103 cm³/mol. The zero-order chi connectivity index (χ0) is 19.3. The van der Waals surface area contributed by atoms with Crippen LogP contribution in [0.4, 0.5) is 5.69 Å². The maximum Gasteiger partial charge on any atom is 0.243 e. The van der Waals surface area contributed by atoms with Crippen LogP contribution in [0.3, 0.4) is 0 Å². The first-order valence-corrected chi connectivity index (χ1v) is 10.2. The van der Waals surface area contributed by atoms with E-state index in [-0.39, 0.29) is 27.9 Å². The van der Waals surface area contributed by atoms with Crippen LogP contribution in [0.2, 0.25) is 10.2 Å². The summed E-state index contributed by atoms with van der Waals surface area (Å²) in [6, 6.07) is 7.53. The van der Waals surface area contributed by atoms with Crippen molar-refractivity contribution in [2.24, 2.45) is 0 Å². The van der Waals surface area contributed by atoms with Crippen LogP contribution in [0.5, 0.6) is 0 Å². The molecule has 0 atom stereocenters. The molecule has 0 aliphatic carbocycles. The third-order valence-corrected chi connectivity index (χ3v) is 6.31. The van der Waals surface area contributed by atoms with Crippen molar-refractivity contribution in [2.75, 3.05) is 18.4 Å². The van der Waals surface area contributed by atoms with Crippen molar-refractivity contribution in [3.63, 3.8) is 0 Å². The number of rotatable bonds is 7. The number of nitrogens with one attached hydrogen (secondary N) is 1. The molecule has 1 amide bonds. The van der Waals surface area contributed by atoms with E-state index in [1.54, 1.807) is 26.0 Å². The Hall–Kier alpha value is -1.67. The fourth-order valence-electron chi connectivity index (χ4n) is 2.36. The summed E-state index contributed by atoms with van der Waals surface area (Å²) in [7, 11) is -3.64. The molecule has 1 aromatic heterocycles. The summed E-state index contributed by atoms with van der Waals surface area (Å²) in [5, 5.41) is 3.24. The van der Waals surface area contributed by atoms with Crippen molar-refractivity contribution in [2.45, 2.75) is 25.2 Å². The van der Waals surface area contributed by atoms with Crippen molar-refractivity contribution < 1.29 is 13.2 Å². The van der Waals surface area contributed by atoms with Gasteiger partial charge in [-0.2, -0.15) is 4.31 Å². The summed E-state index contributed by atoms with van der Waals surface area (Å²) in [5.41, 5.74) is 0.918. The van der Waals surface area contributed by atoms with Crippen LogP contribution in [-0.2, 0) is 21.2 Å². The second-order valence-electron chi connectivity index (χ2n) is 5.45. The molecule has 2 rings (SSSR count). The number of sulfonamides is 1. The summed E-state index contributed by atoms with van der Waals surface area (Å²) >= 11 is 11.8. The maximum atomic E-state index is 12.6. The number of carbonyl (C=O) groups is 1. The molecular formula is C17H19Cl2N3O3S. The Morgan fingerprint density at radius 3 is 2.42 bits per heavy atom.